The van der Waals surface area contributed by atoms with Crippen molar-refractivity contribution in [1.82, 2.24) is 19.4 Å². The molecule has 0 spiro atoms. The van der Waals surface area contributed by atoms with Crippen LogP contribution < -0.4 is 14.8 Å². The number of aromatic nitrogens is 2. The molecule has 8 nitrogen and oxygen atoms in total. The molecule has 2 N–H and O–H groups in total. The number of rotatable bonds is 6. The predicted molar refractivity (Wildman–Crippen MR) is 103 cm³/mol. The third kappa shape index (κ3) is 4.12. The number of nitrogens with one attached hydrogen (secondary N) is 2. The summed E-state index contributed by atoms with van der Waals surface area (Å²) >= 11 is 3.39. The highest BCUT2D eigenvalue weighted by Gasteiger charge is 2.20. The highest BCUT2D eigenvalue weighted by molar-refractivity contribution is 9.10. The van der Waals surface area contributed by atoms with Crippen LogP contribution in [0.25, 0.3) is 5.65 Å². The average Bonchev–Trinajstić information content (AvgIpc) is 3.07. The van der Waals surface area contributed by atoms with E-state index in [0.29, 0.717) is 5.69 Å². The lowest BCUT2D eigenvalue weighted by Crippen LogP contribution is -2.24. The van der Waals surface area contributed by atoms with Crippen molar-refractivity contribution in [3.8, 4) is 5.75 Å². The number of sulfonamides is 1. The first-order valence-electron chi connectivity index (χ1n) is 7.87. The molecule has 0 saturated heterocycles. The van der Waals surface area contributed by atoms with Crippen LogP contribution in [-0.2, 0) is 16.6 Å². The van der Waals surface area contributed by atoms with Gasteiger partial charge in [-0.1, -0.05) is 0 Å². The molecule has 27 heavy (non-hydrogen) atoms. The van der Waals surface area contributed by atoms with Gasteiger partial charge in [0, 0.05) is 22.4 Å². The van der Waals surface area contributed by atoms with Crippen molar-refractivity contribution in [2.24, 2.45) is 0 Å². The number of carbonyl (C=O) groups excluding carboxylic acids is 1. The van der Waals surface area contributed by atoms with Gasteiger partial charge in [-0.15, -0.1) is 0 Å². The molecular formula is C17H17BrN4O4S. The standard InChI is InChI=1S/C17H17BrN4O4S/c1-19-27(24,25)15-7-11(3-5-14(15)26-2)17(23)20-8-13-10-22-9-12(18)4-6-16(22)21-13/h3-7,9-10,19H,8H2,1-2H3,(H,20,23). The highest BCUT2D eigenvalue weighted by atomic mass is 79.9. The van der Waals surface area contributed by atoms with E-state index < -0.39 is 15.9 Å². The molecule has 0 aliphatic carbocycles. The van der Waals surface area contributed by atoms with Gasteiger partial charge in [0.25, 0.3) is 5.91 Å². The van der Waals surface area contributed by atoms with Crippen LogP contribution in [0.3, 0.4) is 0 Å². The molecule has 1 aromatic carbocycles. The summed E-state index contributed by atoms with van der Waals surface area (Å²) < 4.78 is 34.3. The molecule has 0 unspecified atom stereocenters. The Morgan fingerprint density at radius 3 is 2.74 bits per heavy atom. The van der Waals surface area contributed by atoms with Crippen LogP contribution in [0.4, 0.5) is 0 Å². The first kappa shape index (κ1) is 19.3. The summed E-state index contributed by atoms with van der Waals surface area (Å²) in [6.45, 7) is 0.207. The number of fused-ring (bicyclic) bond motifs is 1. The third-order valence-corrected chi connectivity index (χ3v) is 5.78. The number of methoxy groups -OCH3 is 1. The Kier molecular flexibility index (Phi) is 5.49. The number of benzene rings is 1. The highest BCUT2D eigenvalue weighted by Crippen LogP contribution is 2.24. The third-order valence-electron chi connectivity index (χ3n) is 3.88. The van der Waals surface area contributed by atoms with Crippen molar-refractivity contribution >= 4 is 37.5 Å². The Labute approximate surface area is 164 Å². The number of pyridine rings is 1. The zero-order valence-corrected chi connectivity index (χ0v) is 17.0. The Hall–Kier alpha value is -2.43. The summed E-state index contributed by atoms with van der Waals surface area (Å²) in [7, 11) is -1.10. The van der Waals surface area contributed by atoms with E-state index in [0.717, 1.165) is 10.1 Å². The lowest BCUT2D eigenvalue weighted by molar-refractivity contribution is 0.0950. The number of ether oxygens (including phenoxy) is 1. The number of hydrogen-bond acceptors (Lipinski definition) is 5. The number of carbonyl (C=O) groups is 1. The minimum Gasteiger partial charge on any atom is -0.495 e. The van der Waals surface area contributed by atoms with E-state index in [1.165, 1.54) is 32.4 Å². The summed E-state index contributed by atoms with van der Waals surface area (Å²) in [5, 5.41) is 2.74. The molecule has 10 heteroatoms. The van der Waals surface area contributed by atoms with Crippen LogP contribution in [0.5, 0.6) is 5.75 Å². The second-order valence-electron chi connectivity index (χ2n) is 5.60. The summed E-state index contributed by atoms with van der Waals surface area (Å²) in [6.07, 6.45) is 3.68. The lowest BCUT2D eigenvalue weighted by Gasteiger charge is -2.11. The number of halogens is 1. The molecule has 3 rings (SSSR count). The SMILES string of the molecule is CNS(=O)(=O)c1cc(C(=O)NCc2cn3cc(Br)ccc3n2)ccc1OC. The Bertz CT molecular complexity index is 1110. The van der Waals surface area contributed by atoms with Gasteiger partial charge in [-0.05, 0) is 53.3 Å². The monoisotopic (exact) mass is 452 g/mol. The fourth-order valence-electron chi connectivity index (χ4n) is 2.51. The zero-order chi connectivity index (χ0) is 19.6. The fraction of sp³-hybridized carbons (Fsp3) is 0.176. The number of imidazole rings is 1. The Balaban J connectivity index is 1.80. The number of hydrogen-bond donors (Lipinski definition) is 2. The van der Waals surface area contributed by atoms with E-state index in [1.807, 2.05) is 28.9 Å². The summed E-state index contributed by atoms with van der Waals surface area (Å²) in [5.41, 5.74) is 1.64. The van der Waals surface area contributed by atoms with Crippen LogP contribution in [-0.4, -0.2) is 37.9 Å². The van der Waals surface area contributed by atoms with Crippen LogP contribution in [0, 0.1) is 0 Å². The number of nitrogens with zero attached hydrogens (tertiary/aromatic N) is 2. The molecule has 142 valence electrons. The normalized spacial score (nSPS) is 11.5. The van der Waals surface area contributed by atoms with Gasteiger partial charge in [0.2, 0.25) is 10.0 Å². The second-order valence-corrected chi connectivity index (χ2v) is 8.37. The quantitative estimate of drug-likeness (QED) is 0.594. The van der Waals surface area contributed by atoms with E-state index in [2.05, 4.69) is 31.0 Å². The summed E-state index contributed by atoms with van der Waals surface area (Å²) in [4.78, 5) is 16.8. The molecule has 0 atom stereocenters. The van der Waals surface area contributed by atoms with Crippen molar-refractivity contribution in [3.05, 3.63) is 58.5 Å². The van der Waals surface area contributed by atoms with E-state index in [4.69, 9.17) is 4.74 Å². The van der Waals surface area contributed by atoms with E-state index >= 15 is 0 Å². The van der Waals surface area contributed by atoms with Crippen molar-refractivity contribution in [1.29, 1.82) is 0 Å². The molecular weight excluding hydrogens is 436 g/mol. The average molecular weight is 453 g/mol. The maximum Gasteiger partial charge on any atom is 0.251 e. The molecule has 0 saturated carbocycles. The van der Waals surface area contributed by atoms with E-state index in [9.17, 15) is 13.2 Å². The molecule has 0 radical (unpaired) electrons. The smallest absolute Gasteiger partial charge is 0.251 e. The zero-order valence-electron chi connectivity index (χ0n) is 14.6. The van der Waals surface area contributed by atoms with E-state index in [-0.39, 0.29) is 22.8 Å². The van der Waals surface area contributed by atoms with Crippen molar-refractivity contribution in [2.45, 2.75) is 11.4 Å². The van der Waals surface area contributed by atoms with Gasteiger partial charge in [-0.3, -0.25) is 4.79 Å². The maximum absolute atomic E-state index is 12.4. The Morgan fingerprint density at radius 2 is 2.04 bits per heavy atom. The lowest BCUT2D eigenvalue weighted by atomic mass is 10.2. The van der Waals surface area contributed by atoms with Crippen molar-refractivity contribution < 1.29 is 17.9 Å². The van der Waals surface area contributed by atoms with Gasteiger partial charge in [0.1, 0.15) is 16.3 Å². The van der Waals surface area contributed by atoms with Gasteiger partial charge in [-0.25, -0.2) is 18.1 Å². The van der Waals surface area contributed by atoms with Gasteiger partial charge < -0.3 is 14.5 Å². The van der Waals surface area contributed by atoms with Crippen LogP contribution in [0.2, 0.25) is 0 Å². The maximum atomic E-state index is 12.4. The summed E-state index contributed by atoms with van der Waals surface area (Å²) in [6, 6.07) is 7.96. The molecule has 0 fully saturated rings. The first-order chi connectivity index (χ1) is 12.8. The summed E-state index contributed by atoms with van der Waals surface area (Å²) in [5.74, 6) is -0.254. The van der Waals surface area contributed by atoms with Crippen LogP contribution >= 0.6 is 15.9 Å². The molecule has 0 bridgehead atoms. The van der Waals surface area contributed by atoms with Gasteiger partial charge in [-0.2, -0.15) is 0 Å². The minimum atomic E-state index is -3.76. The molecule has 2 heterocycles. The molecule has 2 aromatic heterocycles. The molecule has 0 aliphatic heterocycles. The fourth-order valence-corrected chi connectivity index (χ4v) is 3.78. The van der Waals surface area contributed by atoms with Gasteiger partial charge in [0.15, 0.2) is 0 Å². The first-order valence-corrected chi connectivity index (χ1v) is 10.1. The Morgan fingerprint density at radius 1 is 1.26 bits per heavy atom. The van der Waals surface area contributed by atoms with Crippen LogP contribution in [0.15, 0.2) is 52.1 Å². The molecule has 1 amide bonds. The largest absolute Gasteiger partial charge is 0.495 e. The van der Waals surface area contributed by atoms with Gasteiger partial charge >= 0.3 is 0 Å². The number of amides is 1. The van der Waals surface area contributed by atoms with E-state index in [1.54, 1.807) is 0 Å². The topological polar surface area (TPSA) is 102 Å². The second kappa shape index (κ2) is 7.67. The van der Waals surface area contributed by atoms with Crippen molar-refractivity contribution in [3.63, 3.8) is 0 Å². The van der Waals surface area contributed by atoms with Crippen molar-refractivity contribution in [2.75, 3.05) is 14.2 Å². The van der Waals surface area contributed by atoms with Gasteiger partial charge in [0.05, 0.1) is 19.3 Å². The van der Waals surface area contributed by atoms with Crippen LogP contribution in [0.1, 0.15) is 16.1 Å². The molecule has 0 aliphatic rings. The predicted octanol–water partition coefficient (Wildman–Crippen LogP) is 1.94. The molecule has 3 aromatic rings. The minimum absolute atomic E-state index is 0.0993.